The van der Waals surface area contributed by atoms with Crippen LogP contribution >= 0.6 is 0 Å². The van der Waals surface area contributed by atoms with Crippen LogP contribution in [0.4, 0.5) is 10.1 Å². The van der Waals surface area contributed by atoms with Crippen molar-refractivity contribution >= 4 is 5.69 Å². The van der Waals surface area contributed by atoms with Crippen LogP contribution in [-0.2, 0) is 13.1 Å². The number of anilines is 1. The molecule has 2 rings (SSSR count). The predicted octanol–water partition coefficient (Wildman–Crippen LogP) is 2.91. The Kier molecular flexibility index (Phi) is 4.36. The van der Waals surface area contributed by atoms with Crippen LogP contribution in [0, 0.1) is 5.82 Å². The highest BCUT2D eigenvalue weighted by Gasteiger charge is 2.03. The fourth-order valence-corrected chi connectivity index (χ4v) is 1.89. The Bertz CT molecular complexity index is 558. The van der Waals surface area contributed by atoms with Crippen molar-refractivity contribution in [3.05, 3.63) is 59.4 Å². The van der Waals surface area contributed by atoms with E-state index in [4.69, 9.17) is 10.5 Å². The predicted molar refractivity (Wildman–Crippen MR) is 74.6 cm³/mol. The van der Waals surface area contributed by atoms with Gasteiger partial charge < -0.3 is 15.8 Å². The van der Waals surface area contributed by atoms with E-state index in [2.05, 4.69) is 5.32 Å². The van der Waals surface area contributed by atoms with Gasteiger partial charge in [-0.2, -0.15) is 0 Å². The summed E-state index contributed by atoms with van der Waals surface area (Å²) in [5.41, 5.74) is 8.54. The molecular formula is C15H17FN2O. The second kappa shape index (κ2) is 6.20. The van der Waals surface area contributed by atoms with Gasteiger partial charge in [0.2, 0.25) is 0 Å². The number of ether oxygens (including phenoxy) is 1. The Morgan fingerprint density at radius 2 is 2.00 bits per heavy atom. The molecule has 0 saturated heterocycles. The van der Waals surface area contributed by atoms with Gasteiger partial charge in [-0.15, -0.1) is 0 Å². The van der Waals surface area contributed by atoms with Gasteiger partial charge in [0.25, 0.3) is 0 Å². The van der Waals surface area contributed by atoms with Crippen LogP contribution in [-0.4, -0.2) is 7.11 Å². The first-order valence-electron chi connectivity index (χ1n) is 6.08. The first kappa shape index (κ1) is 13.4. The van der Waals surface area contributed by atoms with Gasteiger partial charge >= 0.3 is 0 Å². The molecule has 0 heterocycles. The summed E-state index contributed by atoms with van der Waals surface area (Å²) < 4.78 is 18.3. The van der Waals surface area contributed by atoms with Gasteiger partial charge in [-0.25, -0.2) is 4.39 Å². The molecule has 0 bridgehead atoms. The summed E-state index contributed by atoms with van der Waals surface area (Å²) in [6, 6.07) is 12.1. The molecule has 0 amide bonds. The van der Waals surface area contributed by atoms with Crippen molar-refractivity contribution in [2.75, 3.05) is 12.4 Å². The molecule has 19 heavy (non-hydrogen) atoms. The Balaban J connectivity index is 2.14. The van der Waals surface area contributed by atoms with Crippen molar-refractivity contribution in [3.63, 3.8) is 0 Å². The zero-order valence-corrected chi connectivity index (χ0v) is 10.8. The Hall–Kier alpha value is -2.07. The van der Waals surface area contributed by atoms with Gasteiger partial charge in [0, 0.05) is 18.8 Å². The van der Waals surface area contributed by atoms with Crippen LogP contribution in [0.1, 0.15) is 11.1 Å². The molecule has 0 saturated carbocycles. The first-order chi connectivity index (χ1) is 9.22. The highest BCUT2D eigenvalue weighted by molar-refractivity contribution is 5.45. The van der Waals surface area contributed by atoms with E-state index in [1.165, 1.54) is 12.1 Å². The van der Waals surface area contributed by atoms with E-state index >= 15 is 0 Å². The largest absolute Gasteiger partial charge is 0.497 e. The molecule has 0 spiro atoms. The van der Waals surface area contributed by atoms with E-state index in [0.717, 1.165) is 22.6 Å². The van der Waals surface area contributed by atoms with Gasteiger partial charge in [0.1, 0.15) is 11.6 Å². The lowest BCUT2D eigenvalue weighted by molar-refractivity contribution is 0.414. The Morgan fingerprint density at radius 1 is 1.16 bits per heavy atom. The van der Waals surface area contributed by atoms with E-state index in [-0.39, 0.29) is 5.82 Å². The standard InChI is InChI=1S/C15H17FN2O/c1-19-15-6-5-11(9-17)12(7-15)10-18-14-4-2-3-13(16)8-14/h2-8,18H,9-10,17H2,1H3. The molecule has 2 aromatic carbocycles. The van der Waals surface area contributed by atoms with E-state index in [1.54, 1.807) is 13.2 Å². The number of hydrogen-bond acceptors (Lipinski definition) is 3. The molecule has 0 unspecified atom stereocenters. The summed E-state index contributed by atoms with van der Waals surface area (Å²) in [5.74, 6) is 0.530. The molecule has 3 nitrogen and oxygen atoms in total. The molecule has 3 N–H and O–H groups in total. The van der Waals surface area contributed by atoms with Crippen molar-refractivity contribution in [1.82, 2.24) is 0 Å². The zero-order valence-electron chi connectivity index (χ0n) is 10.8. The highest BCUT2D eigenvalue weighted by atomic mass is 19.1. The molecular weight excluding hydrogens is 243 g/mol. The van der Waals surface area contributed by atoms with Gasteiger partial charge in [-0.1, -0.05) is 12.1 Å². The maximum Gasteiger partial charge on any atom is 0.125 e. The van der Waals surface area contributed by atoms with E-state index < -0.39 is 0 Å². The molecule has 4 heteroatoms. The van der Waals surface area contributed by atoms with Crippen LogP contribution in [0.3, 0.4) is 0 Å². The van der Waals surface area contributed by atoms with Crippen molar-refractivity contribution < 1.29 is 9.13 Å². The van der Waals surface area contributed by atoms with E-state index in [1.807, 2.05) is 24.3 Å². The molecule has 0 atom stereocenters. The number of nitrogens with two attached hydrogens (primary N) is 1. The normalized spacial score (nSPS) is 10.3. The number of hydrogen-bond donors (Lipinski definition) is 2. The second-order valence-electron chi connectivity index (χ2n) is 4.20. The number of benzene rings is 2. The van der Waals surface area contributed by atoms with Crippen molar-refractivity contribution in [1.29, 1.82) is 0 Å². The van der Waals surface area contributed by atoms with Crippen molar-refractivity contribution in [2.45, 2.75) is 13.1 Å². The number of nitrogens with one attached hydrogen (secondary N) is 1. The zero-order chi connectivity index (χ0) is 13.7. The van der Waals surface area contributed by atoms with Crippen LogP contribution in [0.25, 0.3) is 0 Å². The fourth-order valence-electron chi connectivity index (χ4n) is 1.89. The molecule has 0 radical (unpaired) electrons. The molecule has 0 fully saturated rings. The summed E-state index contributed by atoms with van der Waals surface area (Å²) in [5, 5.41) is 3.18. The summed E-state index contributed by atoms with van der Waals surface area (Å²) in [6.07, 6.45) is 0. The lowest BCUT2D eigenvalue weighted by Gasteiger charge is -2.12. The monoisotopic (exact) mass is 260 g/mol. The lowest BCUT2D eigenvalue weighted by Crippen LogP contribution is -2.07. The number of halogens is 1. The quantitative estimate of drug-likeness (QED) is 0.869. The maximum atomic E-state index is 13.1. The topological polar surface area (TPSA) is 47.3 Å². The minimum Gasteiger partial charge on any atom is -0.497 e. The molecule has 100 valence electrons. The maximum absolute atomic E-state index is 13.1. The number of rotatable bonds is 5. The minimum absolute atomic E-state index is 0.255. The summed E-state index contributed by atoms with van der Waals surface area (Å²) >= 11 is 0. The van der Waals surface area contributed by atoms with Crippen LogP contribution in [0.15, 0.2) is 42.5 Å². The van der Waals surface area contributed by atoms with Gasteiger partial charge in [-0.3, -0.25) is 0 Å². The number of methoxy groups -OCH3 is 1. The van der Waals surface area contributed by atoms with Crippen LogP contribution < -0.4 is 15.8 Å². The first-order valence-corrected chi connectivity index (χ1v) is 6.08. The Labute approximate surface area is 112 Å². The van der Waals surface area contributed by atoms with Gasteiger partial charge in [-0.05, 0) is 41.5 Å². The average Bonchev–Trinajstić information content (AvgIpc) is 2.45. The molecule has 2 aromatic rings. The van der Waals surface area contributed by atoms with Crippen molar-refractivity contribution in [2.24, 2.45) is 5.73 Å². The second-order valence-corrected chi connectivity index (χ2v) is 4.20. The molecule has 0 aliphatic carbocycles. The molecule has 0 aliphatic heterocycles. The molecule has 0 aliphatic rings. The van der Waals surface area contributed by atoms with E-state index in [9.17, 15) is 4.39 Å². The third kappa shape index (κ3) is 3.45. The minimum atomic E-state index is -0.255. The lowest BCUT2D eigenvalue weighted by atomic mass is 10.1. The Morgan fingerprint density at radius 3 is 2.68 bits per heavy atom. The van der Waals surface area contributed by atoms with Crippen LogP contribution in [0.5, 0.6) is 5.75 Å². The molecule has 0 aromatic heterocycles. The average molecular weight is 260 g/mol. The van der Waals surface area contributed by atoms with E-state index in [0.29, 0.717) is 13.1 Å². The summed E-state index contributed by atoms with van der Waals surface area (Å²) in [6.45, 7) is 1.04. The third-order valence-corrected chi connectivity index (χ3v) is 2.94. The van der Waals surface area contributed by atoms with Crippen LogP contribution in [0.2, 0.25) is 0 Å². The van der Waals surface area contributed by atoms with Gasteiger partial charge in [0.05, 0.1) is 7.11 Å². The highest BCUT2D eigenvalue weighted by Crippen LogP contribution is 2.19. The van der Waals surface area contributed by atoms with Gasteiger partial charge in [0.15, 0.2) is 0 Å². The fraction of sp³-hybridized carbons (Fsp3) is 0.200. The van der Waals surface area contributed by atoms with Crippen molar-refractivity contribution in [3.8, 4) is 5.75 Å². The third-order valence-electron chi connectivity index (χ3n) is 2.94. The summed E-state index contributed by atoms with van der Waals surface area (Å²) in [7, 11) is 1.63. The summed E-state index contributed by atoms with van der Waals surface area (Å²) in [4.78, 5) is 0. The SMILES string of the molecule is COc1ccc(CN)c(CNc2cccc(F)c2)c1. The smallest absolute Gasteiger partial charge is 0.125 e.